The van der Waals surface area contributed by atoms with Crippen molar-refractivity contribution in [2.75, 3.05) is 12.3 Å². The molecule has 1 aromatic heterocycles. The summed E-state index contributed by atoms with van der Waals surface area (Å²) in [6, 6.07) is 0. The summed E-state index contributed by atoms with van der Waals surface area (Å²) in [4.78, 5) is 6.40. The number of aryl methyl sites for hydroxylation is 1. The zero-order chi connectivity index (χ0) is 12.8. The Morgan fingerprint density at radius 1 is 1.33 bits per heavy atom. The Hall–Kier alpha value is -0.0600. The third-order valence-electron chi connectivity index (χ3n) is 3.20. The molecular weight excluding hydrogens is 260 g/mol. The second-order valence-electron chi connectivity index (χ2n) is 4.85. The van der Waals surface area contributed by atoms with E-state index in [0.29, 0.717) is 5.25 Å². The quantitative estimate of drug-likeness (QED) is 0.761. The van der Waals surface area contributed by atoms with Crippen LogP contribution in [0.1, 0.15) is 60.4 Å². The minimum Gasteiger partial charge on any atom is -0.312 e. The Kier molecular flexibility index (Phi) is 5.99. The second-order valence-corrected chi connectivity index (χ2v) is 7.28. The summed E-state index contributed by atoms with van der Waals surface area (Å²) in [5.74, 6) is 1.32. The number of hydrogen-bond acceptors (Lipinski definition) is 4. The van der Waals surface area contributed by atoms with Crippen molar-refractivity contribution < 1.29 is 0 Å². The van der Waals surface area contributed by atoms with Crippen LogP contribution in [0.15, 0.2) is 0 Å². The van der Waals surface area contributed by atoms with Gasteiger partial charge in [-0.2, -0.15) is 11.8 Å². The molecule has 1 saturated heterocycles. The molecule has 2 rings (SSSR count). The van der Waals surface area contributed by atoms with E-state index in [2.05, 4.69) is 30.9 Å². The fraction of sp³-hybridized carbons (Fsp3) is 0.786. The molecule has 0 aromatic carbocycles. The van der Waals surface area contributed by atoms with Crippen LogP contribution in [0.5, 0.6) is 0 Å². The van der Waals surface area contributed by atoms with Crippen LogP contribution in [0.25, 0.3) is 0 Å². The first kappa shape index (κ1) is 14.4. The lowest BCUT2D eigenvalue weighted by molar-refractivity contribution is 0.674. The summed E-state index contributed by atoms with van der Waals surface area (Å²) in [6.07, 6.45) is 6.22. The Bertz CT molecular complexity index is 357. The maximum absolute atomic E-state index is 4.92. The van der Waals surface area contributed by atoms with Gasteiger partial charge in [-0.1, -0.05) is 20.3 Å². The van der Waals surface area contributed by atoms with Crippen molar-refractivity contribution >= 4 is 23.1 Å². The zero-order valence-corrected chi connectivity index (χ0v) is 13.1. The molecule has 1 aliphatic rings. The summed E-state index contributed by atoms with van der Waals surface area (Å²) >= 11 is 4.04. The monoisotopic (exact) mass is 284 g/mol. The van der Waals surface area contributed by atoms with Crippen molar-refractivity contribution in [1.29, 1.82) is 0 Å². The van der Waals surface area contributed by atoms with Crippen LogP contribution in [0.3, 0.4) is 0 Å². The molecule has 1 atom stereocenters. The van der Waals surface area contributed by atoms with Gasteiger partial charge in [-0.15, -0.1) is 11.3 Å². The Labute approximate surface area is 119 Å². The van der Waals surface area contributed by atoms with E-state index < -0.39 is 0 Å². The third kappa shape index (κ3) is 3.72. The molecule has 0 radical (unpaired) electrons. The van der Waals surface area contributed by atoms with Gasteiger partial charge in [0, 0.05) is 11.4 Å². The molecule has 0 saturated carbocycles. The summed E-state index contributed by atoms with van der Waals surface area (Å²) in [5.41, 5.74) is 1.36. The van der Waals surface area contributed by atoms with Gasteiger partial charge in [0.15, 0.2) is 0 Å². The van der Waals surface area contributed by atoms with Crippen LogP contribution in [0, 0.1) is 0 Å². The summed E-state index contributed by atoms with van der Waals surface area (Å²) in [6.45, 7) is 6.58. The highest BCUT2D eigenvalue weighted by Gasteiger charge is 2.22. The van der Waals surface area contributed by atoms with Gasteiger partial charge in [0.25, 0.3) is 0 Å². The summed E-state index contributed by atoms with van der Waals surface area (Å²) in [7, 11) is 0. The molecule has 0 spiro atoms. The molecule has 1 aliphatic heterocycles. The highest BCUT2D eigenvalue weighted by Crippen LogP contribution is 2.42. The number of nitrogens with zero attached hydrogens (tertiary/aromatic N) is 1. The first-order valence-corrected chi connectivity index (χ1v) is 9.02. The molecule has 1 N–H and O–H groups in total. The van der Waals surface area contributed by atoms with Crippen LogP contribution < -0.4 is 5.32 Å². The van der Waals surface area contributed by atoms with E-state index in [4.69, 9.17) is 4.98 Å². The minimum absolute atomic E-state index is 0.686. The number of thioether (sulfide) groups is 1. The van der Waals surface area contributed by atoms with Crippen molar-refractivity contribution in [1.82, 2.24) is 10.3 Å². The van der Waals surface area contributed by atoms with E-state index in [1.54, 1.807) is 0 Å². The molecular formula is C14H24N2S2. The largest absolute Gasteiger partial charge is 0.312 e. The average Bonchev–Trinajstić information content (AvgIpc) is 2.99. The van der Waals surface area contributed by atoms with Crippen molar-refractivity contribution in [2.45, 2.75) is 57.7 Å². The van der Waals surface area contributed by atoms with Crippen LogP contribution in [-0.4, -0.2) is 17.3 Å². The van der Waals surface area contributed by atoms with E-state index in [-0.39, 0.29) is 0 Å². The van der Waals surface area contributed by atoms with Crippen molar-refractivity contribution in [3.63, 3.8) is 0 Å². The van der Waals surface area contributed by atoms with Crippen LogP contribution >= 0.6 is 23.1 Å². The lowest BCUT2D eigenvalue weighted by Crippen LogP contribution is -2.13. The molecule has 2 nitrogen and oxygen atoms in total. The number of aromatic nitrogens is 1. The number of thiazole rings is 1. The molecule has 1 unspecified atom stereocenters. The first-order valence-electron chi connectivity index (χ1n) is 7.16. The summed E-state index contributed by atoms with van der Waals surface area (Å²) in [5, 5.41) is 5.59. The van der Waals surface area contributed by atoms with Crippen molar-refractivity contribution in [3.05, 3.63) is 15.6 Å². The van der Waals surface area contributed by atoms with Gasteiger partial charge in [0.1, 0.15) is 5.01 Å². The fourth-order valence-electron chi connectivity index (χ4n) is 2.26. The normalized spacial score (nSPS) is 19.6. The Morgan fingerprint density at radius 3 is 2.89 bits per heavy atom. The first-order chi connectivity index (χ1) is 8.85. The van der Waals surface area contributed by atoms with Gasteiger partial charge in [-0.05, 0) is 38.0 Å². The van der Waals surface area contributed by atoms with Crippen LogP contribution in [-0.2, 0) is 13.0 Å². The Morgan fingerprint density at radius 2 is 2.22 bits per heavy atom. The maximum atomic E-state index is 4.92. The van der Waals surface area contributed by atoms with E-state index in [1.165, 1.54) is 47.0 Å². The van der Waals surface area contributed by atoms with Gasteiger partial charge >= 0.3 is 0 Å². The van der Waals surface area contributed by atoms with Crippen LogP contribution in [0.2, 0.25) is 0 Å². The average molecular weight is 284 g/mol. The molecule has 0 aliphatic carbocycles. The van der Waals surface area contributed by atoms with Gasteiger partial charge < -0.3 is 5.32 Å². The SMILES string of the molecule is CCCNCc1sc(C2CCCS2)nc1CCC. The molecule has 1 fully saturated rings. The predicted molar refractivity (Wildman–Crippen MR) is 82.5 cm³/mol. The third-order valence-corrected chi connectivity index (χ3v) is 5.95. The van der Waals surface area contributed by atoms with E-state index in [9.17, 15) is 0 Å². The van der Waals surface area contributed by atoms with Gasteiger partial charge in [0.2, 0.25) is 0 Å². The molecule has 0 bridgehead atoms. The Balaban J connectivity index is 2.04. The van der Waals surface area contributed by atoms with E-state index >= 15 is 0 Å². The van der Waals surface area contributed by atoms with Crippen molar-refractivity contribution in [2.24, 2.45) is 0 Å². The van der Waals surface area contributed by atoms with Crippen molar-refractivity contribution in [3.8, 4) is 0 Å². The lowest BCUT2D eigenvalue weighted by Gasteiger charge is -2.02. The fourth-order valence-corrected chi connectivity index (χ4v) is 4.85. The minimum atomic E-state index is 0.686. The van der Waals surface area contributed by atoms with Gasteiger partial charge in [0.05, 0.1) is 10.9 Å². The topological polar surface area (TPSA) is 24.9 Å². The van der Waals surface area contributed by atoms with Crippen LogP contribution in [0.4, 0.5) is 0 Å². The zero-order valence-electron chi connectivity index (χ0n) is 11.5. The molecule has 2 heterocycles. The van der Waals surface area contributed by atoms with E-state index in [1.807, 2.05) is 11.3 Å². The second kappa shape index (κ2) is 7.51. The molecule has 18 heavy (non-hydrogen) atoms. The number of nitrogens with one attached hydrogen (secondary N) is 1. The highest BCUT2D eigenvalue weighted by atomic mass is 32.2. The molecule has 4 heteroatoms. The number of hydrogen-bond donors (Lipinski definition) is 1. The predicted octanol–water partition coefficient (Wildman–Crippen LogP) is 4.16. The maximum Gasteiger partial charge on any atom is 0.106 e. The van der Waals surface area contributed by atoms with E-state index in [0.717, 1.165) is 19.5 Å². The van der Waals surface area contributed by atoms with Gasteiger partial charge in [-0.3, -0.25) is 0 Å². The number of rotatable bonds is 7. The summed E-state index contributed by atoms with van der Waals surface area (Å²) < 4.78 is 0. The lowest BCUT2D eigenvalue weighted by atomic mass is 10.2. The standard InChI is InChI=1S/C14H24N2S2/c1-3-6-11-13(10-15-8-4-2)18-14(16-11)12-7-5-9-17-12/h12,15H,3-10H2,1-2H3. The molecule has 1 aromatic rings. The molecule has 102 valence electrons. The van der Waals surface area contributed by atoms with Gasteiger partial charge in [-0.25, -0.2) is 4.98 Å². The smallest absolute Gasteiger partial charge is 0.106 e. The highest BCUT2D eigenvalue weighted by molar-refractivity contribution is 7.99. The molecule has 0 amide bonds.